The van der Waals surface area contributed by atoms with Crippen LogP contribution in [0.4, 0.5) is 5.69 Å². The second-order valence-corrected chi connectivity index (χ2v) is 6.78. The fourth-order valence-corrected chi connectivity index (χ4v) is 3.65. The van der Waals surface area contributed by atoms with Crippen molar-refractivity contribution >= 4 is 23.4 Å². The lowest BCUT2D eigenvalue weighted by atomic mass is 10.1. The predicted octanol–water partition coefficient (Wildman–Crippen LogP) is 2.88. The number of benzene rings is 1. The van der Waals surface area contributed by atoms with E-state index >= 15 is 0 Å². The van der Waals surface area contributed by atoms with Crippen LogP contribution in [0.1, 0.15) is 19.4 Å². The lowest BCUT2D eigenvalue weighted by Crippen LogP contribution is -2.40. The third-order valence-electron chi connectivity index (χ3n) is 3.85. The summed E-state index contributed by atoms with van der Waals surface area (Å²) in [7, 11) is 1.94. The Morgan fingerprint density at radius 1 is 1.43 bits per heavy atom. The molecule has 1 aromatic heterocycles. The van der Waals surface area contributed by atoms with Crippen LogP contribution in [0.5, 0.6) is 0 Å². The molecule has 0 saturated carbocycles. The van der Waals surface area contributed by atoms with E-state index < -0.39 is 0 Å². The molecule has 2 unspecified atom stereocenters. The minimum absolute atomic E-state index is 0.153. The van der Waals surface area contributed by atoms with Crippen molar-refractivity contribution in [1.29, 1.82) is 0 Å². The number of thioether (sulfide) groups is 1. The Morgan fingerprint density at radius 2 is 2.19 bits per heavy atom. The van der Waals surface area contributed by atoms with E-state index in [-0.39, 0.29) is 17.2 Å². The van der Waals surface area contributed by atoms with Gasteiger partial charge in [0.1, 0.15) is 0 Å². The summed E-state index contributed by atoms with van der Waals surface area (Å²) < 4.78 is 1.94. The van der Waals surface area contributed by atoms with E-state index in [9.17, 15) is 4.79 Å². The van der Waals surface area contributed by atoms with Gasteiger partial charge in [-0.3, -0.25) is 4.79 Å². The first-order valence-corrected chi connectivity index (χ1v) is 8.01. The summed E-state index contributed by atoms with van der Waals surface area (Å²) in [4.78, 5) is 19.0. The van der Waals surface area contributed by atoms with Crippen molar-refractivity contribution in [2.45, 2.75) is 36.7 Å². The molecule has 1 aliphatic heterocycles. The molecule has 0 radical (unpaired) electrons. The molecule has 110 valence electrons. The van der Waals surface area contributed by atoms with Gasteiger partial charge in [0.15, 0.2) is 5.16 Å². The number of carbonyl (C=O) groups is 1. The maximum atomic E-state index is 12.8. The molecule has 2 atom stereocenters. The fourth-order valence-electron chi connectivity index (χ4n) is 2.77. The van der Waals surface area contributed by atoms with Gasteiger partial charge < -0.3 is 9.47 Å². The smallest absolute Gasteiger partial charge is 0.240 e. The number of rotatable bonds is 3. The van der Waals surface area contributed by atoms with Gasteiger partial charge in [-0.2, -0.15) is 0 Å². The van der Waals surface area contributed by atoms with Crippen LogP contribution < -0.4 is 4.90 Å². The van der Waals surface area contributed by atoms with Gasteiger partial charge in [0.2, 0.25) is 5.91 Å². The number of imidazole rings is 1. The summed E-state index contributed by atoms with van der Waals surface area (Å²) in [5.74, 6) is 0.153. The lowest BCUT2D eigenvalue weighted by Gasteiger charge is -2.25. The van der Waals surface area contributed by atoms with Gasteiger partial charge in [-0.15, -0.1) is 0 Å². The highest BCUT2D eigenvalue weighted by atomic mass is 32.2. The van der Waals surface area contributed by atoms with E-state index in [1.54, 1.807) is 6.20 Å². The number of fused-ring (bicyclic) bond motifs is 1. The summed E-state index contributed by atoms with van der Waals surface area (Å²) >= 11 is 1.51. The van der Waals surface area contributed by atoms with Crippen molar-refractivity contribution in [3.05, 3.63) is 42.2 Å². The Kier molecular flexibility index (Phi) is 3.76. The largest absolute Gasteiger partial charge is 0.329 e. The van der Waals surface area contributed by atoms with Crippen LogP contribution in [-0.2, 0) is 18.3 Å². The number of nitrogens with zero attached hydrogens (tertiary/aromatic N) is 3. The summed E-state index contributed by atoms with van der Waals surface area (Å²) in [5.41, 5.74) is 2.31. The Morgan fingerprint density at radius 3 is 2.90 bits per heavy atom. The van der Waals surface area contributed by atoms with Crippen LogP contribution in [-0.4, -0.2) is 26.8 Å². The van der Waals surface area contributed by atoms with Gasteiger partial charge in [-0.1, -0.05) is 30.0 Å². The first kappa shape index (κ1) is 14.2. The quantitative estimate of drug-likeness (QED) is 0.818. The fraction of sp³-hybridized carbons (Fsp3) is 0.375. The van der Waals surface area contributed by atoms with Crippen molar-refractivity contribution in [3.63, 3.8) is 0 Å². The van der Waals surface area contributed by atoms with Crippen LogP contribution >= 0.6 is 11.8 Å². The van der Waals surface area contributed by atoms with E-state index in [4.69, 9.17) is 0 Å². The topological polar surface area (TPSA) is 38.1 Å². The molecule has 3 rings (SSSR count). The standard InChI is InChI=1S/C16H19N3OS/c1-11-10-13-6-4-5-7-14(13)19(11)15(20)12(2)21-16-17-8-9-18(16)3/h4-9,11-12H,10H2,1-3H3. The molecule has 21 heavy (non-hydrogen) atoms. The minimum Gasteiger partial charge on any atom is -0.329 e. The van der Waals surface area contributed by atoms with Crippen LogP contribution in [0.3, 0.4) is 0 Å². The predicted molar refractivity (Wildman–Crippen MR) is 85.6 cm³/mol. The van der Waals surface area contributed by atoms with Crippen LogP contribution in [0, 0.1) is 0 Å². The monoisotopic (exact) mass is 301 g/mol. The van der Waals surface area contributed by atoms with E-state index in [0.29, 0.717) is 0 Å². The maximum Gasteiger partial charge on any atom is 0.240 e. The number of para-hydroxylation sites is 1. The van der Waals surface area contributed by atoms with Gasteiger partial charge >= 0.3 is 0 Å². The molecule has 0 fully saturated rings. The zero-order chi connectivity index (χ0) is 15.0. The molecule has 5 heteroatoms. The highest BCUT2D eigenvalue weighted by Crippen LogP contribution is 2.34. The normalized spacial score (nSPS) is 18.6. The average molecular weight is 301 g/mol. The summed E-state index contributed by atoms with van der Waals surface area (Å²) in [6.45, 7) is 4.06. The number of hydrogen-bond donors (Lipinski definition) is 0. The summed E-state index contributed by atoms with van der Waals surface area (Å²) in [5, 5.41) is 0.718. The number of carbonyl (C=O) groups excluding carboxylic acids is 1. The SMILES string of the molecule is CC(Sc1nccn1C)C(=O)N1c2ccccc2CC1C. The Bertz CT molecular complexity index is 667. The molecule has 2 aromatic rings. The molecular weight excluding hydrogens is 282 g/mol. The molecule has 0 bridgehead atoms. The van der Waals surface area contributed by atoms with Gasteiger partial charge in [0.05, 0.1) is 5.25 Å². The second-order valence-electron chi connectivity index (χ2n) is 5.47. The zero-order valence-corrected chi connectivity index (χ0v) is 13.3. The van der Waals surface area contributed by atoms with E-state index in [1.807, 2.05) is 47.8 Å². The summed E-state index contributed by atoms with van der Waals surface area (Å²) in [6, 6.07) is 8.39. The van der Waals surface area contributed by atoms with Gasteiger partial charge in [0, 0.05) is 31.2 Å². The van der Waals surface area contributed by atoms with Gasteiger partial charge in [0.25, 0.3) is 0 Å². The van der Waals surface area contributed by atoms with Crippen molar-refractivity contribution in [2.24, 2.45) is 7.05 Å². The Labute approximate surface area is 129 Å². The van der Waals surface area contributed by atoms with Crippen molar-refractivity contribution < 1.29 is 4.79 Å². The molecule has 0 spiro atoms. The minimum atomic E-state index is -0.153. The van der Waals surface area contributed by atoms with Gasteiger partial charge in [-0.05, 0) is 31.9 Å². The number of aromatic nitrogens is 2. The van der Waals surface area contributed by atoms with Crippen LogP contribution in [0.15, 0.2) is 41.8 Å². The molecule has 4 nitrogen and oxygen atoms in total. The molecule has 0 aliphatic carbocycles. The average Bonchev–Trinajstić information content (AvgIpc) is 3.01. The molecule has 2 heterocycles. The Hall–Kier alpha value is -1.75. The number of hydrogen-bond acceptors (Lipinski definition) is 3. The van der Waals surface area contributed by atoms with Crippen molar-refractivity contribution in [1.82, 2.24) is 9.55 Å². The number of anilines is 1. The first-order valence-electron chi connectivity index (χ1n) is 7.13. The van der Waals surface area contributed by atoms with Crippen molar-refractivity contribution in [2.75, 3.05) is 4.90 Å². The third kappa shape index (κ3) is 2.58. The zero-order valence-electron chi connectivity index (χ0n) is 12.5. The van der Waals surface area contributed by atoms with E-state index in [1.165, 1.54) is 17.3 Å². The Balaban J connectivity index is 1.80. The van der Waals surface area contributed by atoms with Gasteiger partial charge in [-0.25, -0.2) is 4.98 Å². The maximum absolute atomic E-state index is 12.8. The van der Waals surface area contributed by atoms with E-state index in [0.717, 1.165) is 17.3 Å². The molecular formula is C16H19N3OS. The van der Waals surface area contributed by atoms with Crippen LogP contribution in [0.25, 0.3) is 0 Å². The third-order valence-corrected chi connectivity index (χ3v) is 5.01. The number of aryl methyl sites for hydroxylation is 1. The number of amides is 1. The molecule has 1 amide bonds. The summed E-state index contributed by atoms with van der Waals surface area (Å²) in [6.07, 6.45) is 4.59. The highest BCUT2D eigenvalue weighted by Gasteiger charge is 2.33. The van der Waals surface area contributed by atoms with E-state index in [2.05, 4.69) is 18.0 Å². The first-order chi connectivity index (χ1) is 10.1. The molecule has 1 aromatic carbocycles. The van der Waals surface area contributed by atoms with Crippen LogP contribution in [0.2, 0.25) is 0 Å². The highest BCUT2D eigenvalue weighted by molar-refractivity contribution is 8.00. The lowest BCUT2D eigenvalue weighted by molar-refractivity contribution is -0.118. The molecule has 1 aliphatic rings. The van der Waals surface area contributed by atoms with Crippen molar-refractivity contribution in [3.8, 4) is 0 Å². The second kappa shape index (κ2) is 5.56. The molecule has 0 N–H and O–H groups in total. The molecule has 0 saturated heterocycles.